The minimum Gasteiger partial charge on any atom is -0.346 e. The minimum atomic E-state index is -3.64. The number of hydrogen-bond donors (Lipinski definition) is 0. The summed E-state index contributed by atoms with van der Waals surface area (Å²) in [6.07, 6.45) is 3.72. The lowest BCUT2D eigenvalue weighted by Crippen LogP contribution is -2.43. The Kier molecular flexibility index (Phi) is 3.84. The molecule has 2 fully saturated rings. The van der Waals surface area contributed by atoms with Gasteiger partial charge in [-0.05, 0) is 18.9 Å². The lowest BCUT2D eigenvalue weighted by molar-refractivity contribution is 0.430. The van der Waals surface area contributed by atoms with Gasteiger partial charge in [0.15, 0.2) is 9.84 Å². The molecule has 6 nitrogen and oxygen atoms in total. The minimum absolute atomic E-state index is 0.0233. The first kappa shape index (κ1) is 15.3. The summed E-state index contributed by atoms with van der Waals surface area (Å²) in [6, 6.07) is 1.95. The van der Waals surface area contributed by atoms with Gasteiger partial charge in [0.2, 0.25) is 10.0 Å². The van der Waals surface area contributed by atoms with Crippen molar-refractivity contribution in [1.82, 2.24) is 8.87 Å². The Labute approximate surface area is 129 Å². The van der Waals surface area contributed by atoms with E-state index < -0.39 is 19.9 Å². The monoisotopic (exact) mass is 352 g/mol. The molecule has 118 valence electrons. The number of nitrogens with zero attached hydrogens (tertiary/aromatic N) is 2. The van der Waals surface area contributed by atoms with Gasteiger partial charge in [-0.25, -0.2) is 16.8 Å². The molecule has 2 aliphatic rings. The van der Waals surface area contributed by atoms with Gasteiger partial charge in [-0.1, -0.05) is 0 Å². The standard InChI is InChI=1S/C12H17ClN2O4S2/c13-8-11-7-12(9-15(11)10-1-2-10)21(18,19)14-3-5-20(16,17)6-4-14/h7,9-10H,1-6,8H2. The van der Waals surface area contributed by atoms with E-state index in [9.17, 15) is 16.8 Å². The van der Waals surface area contributed by atoms with Crippen LogP contribution in [0.3, 0.4) is 0 Å². The summed E-state index contributed by atoms with van der Waals surface area (Å²) in [7, 11) is -6.74. The second-order valence-electron chi connectivity index (χ2n) is 5.50. The van der Waals surface area contributed by atoms with Gasteiger partial charge in [0.25, 0.3) is 0 Å². The fourth-order valence-electron chi connectivity index (χ4n) is 2.52. The number of aromatic nitrogens is 1. The molecule has 1 saturated carbocycles. The molecule has 0 spiro atoms. The maximum Gasteiger partial charge on any atom is 0.244 e. The smallest absolute Gasteiger partial charge is 0.244 e. The SMILES string of the molecule is O=S1(=O)CCN(S(=O)(=O)c2cc(CCl)n(C3CC3)c2)CC1. The van der Waals surface area contributed by atoms with E-state index >= 15 is 0 Å². The molecule has 0 radical (unpaired) electrons. The maximum absolute atomic E-state index is 12.6. The Morgan fingerprint density at radius 2 is 1.86 bits per heavy atom. The number of sulfone groups is 1. The Balaban J connectivity index is 1.88. The molecule has 1 aliphatic heterocycles. The number of hydrogen-bond acceptors (Lipinski definition) is 4. The molecule has 1 saturated heterocycles. The van der Waals surface area contributed by atoms with Crippen LogP contribution in [-0.2, 0) is 25.7 Å². The molecule has 0 aromatic carbocycles. The van der Waals surface area contributed by atoms with E-state index in [0.717, 1.165) is 18.5 Å². The molecule has 1 aliphatic carbocycles. The van der Waals surface area contributed by atoms with Crippen LogP contribution in [0.4, 0.5) is 0 Å². The average molecular weight is 353 g/mol. The Hall–Kier alpha value is -0.570. The van der Waals surface area contributed by atoms with Crippen molar-refractivity contribution in [2.75, 3.05) is 24.6 Å². The number of alkyl halides is 1. The first-order valence-corrected chi connectivity index (χ1v) is 10.6. The van der Waals surface area contributed by atoms with Crippen LogP contribution in [0, 0.1) is 0 Å². The van der Waals surface area contributed by atoms with Crippen LogP contribution in [0.15, 0.2) is 17.2 Å². The molecule has 0 N–H and O–H groups in total. The number of rotatable bonds is 4. The van der Waals surface area contributed by atoms with Crippen molar-refractivity contribution in [3.8, 4) is 0 Å². The van der Waals surface area contributed by atoms with Gasteiger partial charge in [-0.3, -0.25) is 0 Å². The summed E-state index contributed by atoms with van der Waals surface area (Å²) < 4.78 is 51.2. The molecule has 2 heterocycles. The summed E-state index contributed by atoms with van der Waals surface area (Å²) in [5, 5.41) is 0. The van der Waals surface area contributed by atoms with Crippen molar-refractivity contribution in [2.45, 2.75) is 29.7 Å². The fourth-order valence-corrected chi connectivity index (χ4v) is 5.66. The predicted molar refractivity (Wildman–Crippen MR) is 79.7 cm³/mol. The average Bonchev–Trinajstić information content (AvgIpc) is 3.17. The second kappa shape index (κ2) is 5.26. The predicted octanol–water partition coefficient (Wildman–Crippen LogP) is 0.981. The largest absolute Gasteiger partial charge is 0.346 e. The Morgan fingerprint density at radius 1 is 1.24 bits per heavy atom. The zero-order valence-electron chi connectivity index (χ0n) is 11.4. The van der Waals surface area contributed by atoms with Crippen molar-refractivity contribution >= 4 is 31.5 Å². The first-order chi connectivity index (χ1) is 9.83. The molecule has 0 amide bonds. The third-order valence-electron chi connectivity index (χ3n) is 3.93. The van der Waals surface area contributed by atoms with Gasteiger partial charge in [0, 0.05) is 31.0 Å². The van der Waals surface area contributed by atoms with Gasteiger partial charge < -0.3 is 4.57 Å². The van der Waals surface area contributed by atoms with Crippen LogP contribution in [0.5, 0.6) is 0 Å². The molecule has 0 bridgehead atoms. The van der Waals surface area contributed by atoms with Crippen LogP contribution < -0.4 is 0 Å². The van der Waals surface area contributed by atoms with Gasteiger partial charge >= 0.3 is 0 Å². The van der Waals surface area contributed by atoms with E-state index in [1.54, 1.807) is 12.3 Å². The Morgan fingerprint density at radius 3 is 2.38 bits per heavy atom. The molecule has 9 heteroatoms. The molecule has 0 atom stereocenters. The van der Waals surface area contributed by atoms with Crippen molar-refractivity contribution in [1.29, 1.82) is 0 Å². The Bertz CT molecular complexity index is 736. The highest BCUT2D eigenvalue weighted by Gasteiger charge is 2.34. The number of halogens is 1. The summed E-state index contributed by atoms with van der Waals surface area (Å²) >= 11 is 5.88. The highest BCUT2D eigenvalue weighted by atomic mass is 35.5. The zero-order chi connectivity index (χ0) is 15.3. The maximum atomic E-state index is 12.6. The summed E-state index contributed by atoms with van der Waals surface area (Å²) in [5.41, 5.74) is 0.794. The quantitative estimate of drug-likeness (QED) is 0.757. The van der Waals surface area contributed by atoms with Gasteiger partial charge in [0.1, 0.15) is 4.90 Å². The third kappa shape index (κ3) is 2.99. The normalized spacial score (nSPS) is 23.3. The second-order valence-corrected chi connectivity index (χ2v) is 10.0. The molecule has 21 heavy (non-hydrogen) atoms. The van der Waals surface area contributed by atoms with Crippen molar-refractivity contribution in [2.24, 2.45) is 0 Å². The summed E-state index contributed by atoms with van der Waals surface area (Å²) in [5.74, 6) is 0.0379. The van der Waals surface area contributed by atoms with Crippen molar-refractivity contribution < 1.29 is 16.8 Å². The zero-order valence-corrected chi connectivity index (χ0v) is 13.8. The first-order valence-electron chi connectivity index (χ1n) is 6.81. The van der Waals surface area contributed by atoms with E-state index in [0.29, 0.717) is 6.04 Å². The van der Waals surface area contributed by atoms with E-state index in [2.05, 4.69) is 0 Å². The highest BCUT2D eigenvalue weighted by Crippen LogP contribution is 2.38. The van der Waals surface area contributed by atoms with Crippen molar-refractivity contribution in [3.63, 3.8) is 0 Å². The van der Waals surface area contributed by atoms with Crippen LogP contribution in [0.1, 0.15) is 24.6 Å². The molecule has 0 unspecified atom stereocenters. The van der Waals surface area contributed by atoms with Crippen LogP contribution in [-0.4, -0.2) is 50.3 Å². The van der Waals surface area contributed by atoms with E-state index in [-0.39, 0.29) is 35.4 Å². The molecule has 1 aromatic rings. The van der Waals surface area contributed by atoms with E-state index in [1.807, 2.05) is 4.57 Å². The highest BCUT2D eigenvalue weighted by molar-refractivity contribution is 7.92. The lowest BCUT2D eigenvalue weighted by atomic mass is 10.5. The molecular weight excluding hydrogens is 336 g/mol. The molecular formula is C12H17ClN2O4S2. The van der Waals surface area contributed by atoms with Crippen molar-refractivity contribution in [3.05, 3.63) is 18.0 Å². The molecule has 3 rings (SSSR count). The van der Waals surface area contributed by atoms with Gasteiger partial charge in [-0.2, -0.15) is 4.31 Å². The van der Waals surface area contributed by atoms with E-state index in [4.69, 9.17) is 11.6 Å². The van der Waals surface area contributed by atoms with Crippen LogP contribution in [0.2, 0.25) is 0 Å². The lowest BCUT2D eigenvalue weighted by Gasteiger charge is -2.25. The molecule has 1 aromatic heterocycles. The van der Waals surface area contributed by atoms with E-state index in [1.165, 1.54) is 4.31 Å². The number of sulfonamides is 1. The summed E-state index contributed by atoms with van der Waals surface area (Å²) in [4.78, 5) is 0.212. The van der Waals surface area contributed by atoms with Crippen LogP contribution >= 0.6 is 11.6 Å². The third-order valence-corrected chi connectivity index (χ3v) is 7.67. The fraction of sp³-hybridized carbons (Fsp3) is 0.667. The van der Waals surface area contributed by atoms with Gasteiger partial charge in [-0.15, -0.1) is 11.6 Å². The van der Waals surface area contributed by atoms with Crippen LogP contribution in [0.25, 0.3) is 0 Å². The summed E-state index contributed by atoms with van der Waals surface area (Å²) in [6.45, 7) is 0.0466. The van der Waals surface area contributed by atoms with Gasteiger partial charge in [0.05, 0.1) is 17.4 Å². The topological polar surface area (TPSA) is 76.5 Å².